The average Bonchev–Trinajstić information content (AvgIpc) is 2.84. The maximum Gasteiger partial charge on any atom is 0.238 e. The normalized spacial score (nSPS) is 39.3. The molecule has 0 aromatic heterocycles. The van der Waals surface area contributed by atoms with Crippen LogP contribution in [0.1, 0.15) is 33.1 Å². The molecule has 2 aliphatic heterocycles. The van der Waals surface area contributed by atoms with Crippen LogP contribution in [-0.4, -0.2) is 39.2 Å². The van der Waals surface area contributed by atoms with Crippen LogP contribution in [0.3, 0.4) is 0 Å². The first kappa shape index (κ1) is 12.7. The van der Waals surface area contributed by atoms with Gasteiger partial charge in [0.25, 0.3) is 0 Å². The Bertz CT molecular complexity index is 278. The Hall–Kier alpha value is 0.300. The van der Waals surface area contributed by atoms with Gasteiger partial charge in [-0.15, -0.1) is 11.8 Å². The molecule has 0 aromatic rings. The van der Waals surface area contributed by atoms with Gasteiger partial charge in [-0.3, -0.25) is 4.79 Å². The van der Waals surface area contributed by atoms with E-state index in [1.165, 1.54) is 6.42 Å². The predicted molar refractivity (Wildman–Crippen MR) is 73.2 cm³/mol. The number of likely N-dealkylation sites (tertiary alicyclic amines) is 1. The summed E-state index contributed by atoms with van der Waals surface area (Å²) in [5.74, 6) is 2.16. The van der Waals surface area contributed by atoms with Crippen molar-refractivity contribution in [2.75, 3.05) is 17.6 Å². The van der Waals surface area contributed by atoms with Gasteiger partial charge in [-0.1, -0.05) is 22.9 Å². The highest BCUT2D eigenvalue weighted by atomic mass is 79.9. The van der Waals surface area contributed by atoms with Crippen LogP contribution >= 0.6 is 27.7 Å². The Morgan fingerprint density at radius 1 is 1.62 bits per heavy atom. The minimum atomic E-state index is -0.134. The number of nitrogens with zero attached hydrogens (tertiary/aromatic N) is 1. The van der Waals surface area contributed by atoms with Crippen LogP contribution in [0.15, 0.2) is 0 Å². The SMILES string of the molecule is CC1CCN(C(=O)C2(C)CCCS2)C1CBr. The Morgan fingerprint density at radius 2 is 2.38 bits per heavy atom. The fourth-order valence-corrected chi connectivity index (χ4v) is 5.00. The molecule has 2 heterocycles. The standard InChI is InChI=1S/C12H20BrNOS/c1-9-4-6-14(10(9)8-13)11(15)12(2)5-3-7-16-12/h9-10H,3-8H2,1-2H3. The van der Waals surface area contributed by atoms with Gasteiger partial charge in [0.1, 0.15) is 0 Å². The number of hydrogen-bond acceptors (Lipinski definition) is 2. The molecular formula is C12H20BrNOS. The molecule has 0 radical (unpaired) electrons. The van der Waals surface area contributed by atoms with Crippen molar-refractivity contribution in [3.05, 3.63) is 0 Å². The van der Waals surface area contributed by atoms with E-state index in [0.717, 1.165) is 30.5 Å². The molecule has 2 nitrogen and oxygen atoms in total. The minimum Gasteiger partial charge on any atom is -0.337 e. The van der Waals surface area contributed by atoms with E-state index in [1.54, 1.807) is 0 Å². The summed E-state index contributed by atoms with van der Waals surface area (Å²) in [4.78, 5) is 14.7. The number of alkyl halides is 1. The fraction of sp³-hybridized carbons (Fsp3) is 0.917. The lowest BCUT2D eigenvalue weighted by atomic mass is 10.0. The van der Waals surface area contributed by atoms with E-state index in [2.05, 4.69) is 34.7 Å². The minimum absolute atomic E-state index is 0.134. The van der Waals surface area contributed by atoms with Crippen LogP contribution in [0.4, 0.5) is 0 Å². The lowest BCUT2D eigenvalue weighted by Crippen LogP contribution is -2.47. The number of halogens is 1. The van der Waals surface area contributed by atoms with E-state index in [0.29, 0.717) is 17.9 Å². The molecule has 0 bridgehead atoms. The first-order valence-corrected chi connectivity index (χ1v) is 8.20. The summed E-state index contributed by atoms with van der Waals surface area (Å²) in [5.41, 5.74) is 0. The van der Waals surface area contributed by atoms with E-state index >= 15 is 0 Å². The van der Waals surface area contributed by atoms with E-state index in [9.17, 15) is 4.79 Å². The zero-order valence-electron chi connectivity index (χ0n) is 10.0. The summed E-state index contributed by atoms with van der Waals surface area (Å²) >= 11 is 5.40. The number of carbonyl (C=O) groups is 1. The largest absolute Gasteiger partial charge is 0.337 e. The highest BCUT2D eigenvalue weighted by Crippen LogP contribution is 2.41. The quantitative estimate of drug-likeness (QED) is 0.731. The number of rotatable bonds is 2. The third-order valence-electron chi connectivity index (χ3n) is 3.97. The van der Waals surface area contributed by atoms with Crippen molar-refractivity contribution in [3.8, 4) is 0 Å². The van der Waals surface area contributed by atoms with Crippen LogP contribution in [-0.2, 0) is 4.79 Å². The third-order valence-corrected chi connectivity index (χ3v) is 6.14. The topological polar surface area (TPSA) is 20.3 Å². The van der Waals surface area contributed by atoms with E-state index < -0.39 is 0 Å². The predicted octanol–water partition coefficient (Wildman–Crippen LogP) is 2.90. The van der Waals surface area contributed by atoms with Crippen LogP contribution in [0.5, 0.6) is 0 Å². The molecule has 2 fully saturated rings. The second-order valence-corrected chi connectivity index (χ2v) is 7.41. The monoisotopic (exact) mass is 305 g/mol. The molecule has 2 aliphatic rings. The Kier molecular flexibility index (Phi) is 3.89. The molecular weight excluding hydrogens is 286 g/mol. The van der Waals surface area contributed by atoms with E-state index in [1.807, 2.05) is 11.8 Å². The molecule has 92 valence electrons. The maximum atomic E-state index is 12.6. The van der Waals surface area contributed by atoms with Crippen LogP contribution in [0.25, 0.3) is 0 Å². The fourth-order valence-electron chi connectivity index (χ4n) is 2.75. The summed E-state index contributed by atoms with van der Waals surface area (Å²) in [5, 5.41) is 0.917. The lowest BCUT2D eigenvalue weighted by molar-refractivity contribution is -0.134. The number of thioether (sulfide) groups is 1. The van der Waals surface area contributed by atoms with Crippen LogP contribution in [0.2, 0.25) is 0 Å². The van der Waals surface area contributed by atoms with E-state index in [-0.39, 0.29) is 4.75 Å². The molecule has 0 aromatic carbocycles. The molecule has 3 atom stereocenters. The van der Waals surface area contributed by atoms with Gasteiger partial charge in [-0.05, 0) is 37.9 Å². The summed E-state index contributed by atoms with van der Waals surface area (Å²) in [6.07, 6.45) is 3.40. The molecule has 0 saturated carbocycles. The first-order valence-electron chi connectivity index (χ1n) is 6.09. The van der Waals surface area contributed by atoms with Crippen molar-refractivity contribution in [2.24, 2.45) is 5.92 Å². The van der Waals surface area contributed by atoms with Gasteiger partial charge in [0.2, 0.25) is 5.91 Å². The zero-order valence-corrected chi connectivity index (χ0v) is 12.4. The average molecular weight is 306 g/mol. The molecule has 1 amide bonds. The van der Waals surface area contributed by atoms with Crippen molar-refractivity contribution in [1.82, 2.24) is 4.90 Å². The number of carbonyl (C=O) groups excluding carboxylic acids is 1. The van der Waals surface area contributed by atoms with Gasteiger partial charge in [-0.25, -0.2) is 0 Å². The summed E-state index contributed by atoms with van der Waals surface area (Å²) < 4.78 is -0.134. The van der Waals surface area contributed by atoms with Crippen molar-refractivity contribution in [1.29, 1.82) is 0 Å². The van der Waals surface area contributed by atoms with Gasteiger partial charge in [0.05, 0.1) is 4.75 Å². The van der Waals surface area contributed by atoms with Gasteiger partial charge in [-0.2, -0.15) is 0 Å². The highest BCUT2D eigenvalue weighted by Gasteiger charge is 2.44. The highest BCUT2D eigenvalue weighted by molar-refractivity contribution is 9.09. The summed E-state index contributed by atoms with van der Waals surface area (Å²) in [6.45, 7) is 5.33. The van der Waals surface area contributed by atoms with Crippen molar-refractivity contribution in [3.63, 3.8) is 0 Å². The van der Waals surface area contributed by atoms with Crippen LogP contribution in [0, 0.1) is 5.92 Å². The van der Waals surface area contributed by atoms with Gasteiger partial charge in [0.15, 0.2) is 0 Å². The van der Waals surface area contributed by atoms with Crippen LogP contribution < -0.4 is 0 Å². The first-order chi connectivity index (χ1) is 7.58. The van der Waals surface area contributed by atoms with Gasteiger partial charge < -0.3 is 4.90 Å². The second kappa shape index (κ2) is 4.89. The Morgan fingerprint density at radius 3 is 2.94 bits per heavy atom. The van der Waals surface area contributed by atoms with Crippen molar-refractivity contribution in [2.45, 2.75) is 43.9 Å². The summed E-state index contributed by atoms with van der Waals surface area (Å²) in [6, 6.07) is 0.408. The van der Waals surface area contributed by atoms with Crippen molar-refractivity contribution >= 4 is 33.6 Å². The number of hydrogen-bond donors (Lipinski definition) is 0. The number of amides is 1. The Labute approximate surface area is 111 Å². The van der Waals surface area contributed by atoms with Crippen molar-refractivity contribution < 1.29 is 4.79 Å². The molecule has 0 N–H and O–H groups in total. The molecule has 2 saturated heterocycles. The summed E-state index contributed by atoms with van der Waals surface area (Å²) in [7, 11) is 0. The Balaban J connectivity index is 2.09. The second-order valence-electron chi connectivity index (χ2n) is 5.17. The van der Waals surface area contributed by atoms with Gasteiger partial charge in [0, 0.05) is 17.9 Å². The van der Waals surface area contributed by atoms with E-state index in [4.69, 9.17) is 0 Å². The molecule has 2 rings (SSSR count). The maximum absolute atomic E-state index is 12.6. The molecule has 3 unspecified atom stereocenters. The molecule has 0 aliphatic carbocycles. The molecule has 0 spiro atoms. The lowest BCUT2D eigenvalue weighted by Gasteiger charge is -2.32. The molecule has 4 heteroatoms. The third kappa shape index (κ3) is 2.15. The molecule has 16 heavy (non-hydrogen) atoms. The zero-order chi connectivity index (χ0) is 11.8. The van der Waals surface area contributed by atoms with Gasteiger partial charge >= 0.3 is 0 Å². The smallest absolute Gasteiger partial charge is 0.238 e.